The van der Waals surface area contributed by atoms with Crippen molar-refractivity contribution < 1.29 is 13.9 Å². The maximum absolute atomic E-state index is 14.0. The summed E-state index contributed by atoms with van der Waals surface area (Å²) in [5.74, 6) is 0.962. The molecule has 1 N–H and O–H groups in total. The van der Waals surface area contributed by atoms with Gasteiger partial charge in [0.25, 0.3) is 0 Å². The van der Waals surface area contributed by atoms with Crippen molar-refractivity contribution >= 4 is 0 Å². The number of aryl methyl sites for hydroxylation is 4. The molecule has 1 aromatic carbocycles. The van der Waals surface area contributed by atoms with E-state index < -0.39 is 6.10 Å². The Bertz CT molecular complexity index is 561. The van der Waals surface area contributed by atoms with Crippen LogP contribution in [0.25, 0.3) is 0 Å². The SMILES string of the molecule is Cc1cc(C)c(C(O)c2cc(C)oc2C)c(F)c1. The van der Waals surface area contributed by atoms with E-state index in [1.54, 1.807) is 19.9 Å². The zero-order valence-corrected chi connectivity index (χ0v) is 11.0. The molecule has 2 aromatic rings. The van der Waals surface area contributed by atoms with Gasteiger partial charge in [-0.2, -0.15) is 0 Å². The number of hydrogen-bond donors (Lipinski definition) is 1. The molecule has 0 aliphatic rings. The number of furan rings is 1. The largest absolute Gasteiger partial charge is 0.466 e. The number of benzene rings is 1. The summed E-state index contributed by atoms with van der Waals surface area (Å²) in [5, 5.41) is 10.3. The molecule has 1 heterocycles. The van der Waals surface area contributed by atoms with Crippen molar-refractivity contribution in [1.29, 1.82) is 0 Å². The van der Waals surface area contributed by atoms with Gasteiger partial charge in [-0.1, -0.05) is 6.07 Å². The summed E-state index contributed by atoms with van der Waals surface area (Å²) >= 11 is 0. The third-order valence-electron chi connectivity index (χ3n) is 3.13. The topological polar surface area (TPSA) is 33.4 Å². The van der Waals surface area contributed by atoms with Crippen molar-refractivity contribution in [3.8, 4) is 0 Å². The van der Waals surface area contributed by atoms with Crippen molar-refractivity contribution in [2.45, 2.75) is 33.8 Å². The quantitative estimate of drug-likeness (QED) is 0.878. The van der Waals surface area contributed by atoms with Crippen LogP contribution in [0.5, 0.6) is 0 Å². The van der Waals surface area contributed by atoms with Gasteiger partial charge in [-0.25, -0.2) is 4.39 Å². The minimum Gasteiger partial charge on any atom is -0.466 e. The first-order valence-corrected chi connectivity index (χ1v) is 5.91. The van der Waals surface area contributed by atoms with Crippen molar-refractivity contribution in [2.75, 3.05) is 0 Å². The molecule has 1 aromatic heterocycles. The van der Waals surface area contributed by atoms with Crippen LogP contribution in [-0.2, 0) is 0 Å². The number of rotatable bonds is 2. The van der Waals surface area contributed by atoms with E-state index in [-0.39, 0.29) is 5.82 Å². The van der Waals surface area contributed by atoms with E-state index in [4.69, 9.17) is 4.42 Å². The number of aliphatic hydroxyl groups excluding tert-OH is 1. The zero-order chi connectivity index (χ0) is 13.4. The van der Waals surface area contributed by atoms with E-state index in [2.05, 4.69) is 0 Å². The normalized spacial score (nSPS) is 12.8. The molecule has 96 valence electrons. The highest BCUT2D eigenvalue weighted by Crippen LogP contribution is 2.31. The van der Waals surface area contributed by atoms with Gasteiger partial charge < -0.3 is 9.52 Å². The standard InChI is InChI=1S/C15H17FO2/c1-8-5-9(2)14(13(16)6-8)15(17)12-7-10(3)18-11(12)4/h5-7,15,17H,1-4H3. The van der Waals surface area contributed by atoms with Gasteiger partial charge in [0.1, 0.15) is 23.4 Å². The molecule has 0 amide bonds. The number of halogens is 1. The Balaban J connectivity index is 2.52. The van der Waals surface area contributed by atoms with Crippen LogP contribution in [-0.4, -0.2) is 5.11 Å². The Kier molecular flexibility index (Phi) is 3.26. The Morgan fingerprint density at radius 2 is 1.78 bits per heavy atom. The van der Waals surface area contributed by atoms with Crippen LogP contribution < -0.4 is 0 Å². The Morgan fingerprint density at radius 3 is 2.28 bits per heavy atom. The predicted molar refractivity (Wildman–Crippen MR) is 68.1 cm³/mol. The molecule has 0 saturated carbocycles. The lowest BCUT2D eigenvalue weighted by atomic mass is 9.95. The summed E-state index contributed by atoms with van der Waals surface area (Å²) in [5.41, 5.74) is 2.54. The second-order valence-corrected chi connectivity index (χ2v) is 4.75. The summed E-state index contributed by atoms with van der Waals surface area (Å²) in [6.07, 6.45) is -0.983. The summed E-state index contributed by atoms with van der Waals surface area (Å²) in [6, 6.07) is 5.05. The lowest BCUT2D eigenvalue weighted by Gasteiger charge is -2.15. The minimum absolute atomic E-state index is 0.324. The first-order chi connectivity index (χ1) is 8.40. The summed E-state index contributed by atoms with van der Waals surface area (Å²) in [7, 11) is 0. The maximum atomic E-state index is 14.0. The van der Waals surface area contributed by atoms with Gasteiger partial charge in [-0.3, -0.25) is 0 Å². The van der Waals surface area contributed by atoms with Gasteiger partial charge in [0, 0.05) is 11.1 Å². The number of hydrogen-bond acceptors (Lipinski definition) is 2. The fraction of sp³-hybridized carbons (Fsp3) is 0.333. The highest BCUT2D eigenvalue weighted by atomic mass is 19.1. The maximum Gasteiger partial charge on any atom is 0.129 e. The van der Waals surface area contributed by atoms with Gasteiger partial charge in [0.05, 0.1) is 0 Å². The van der Waals surface area contributed by atoms with E-state index >= 15 is 0 Å². The van der Waals surface area contributed by atoms with Crippen LogP contribution in [0, 0.1) is 33.5 Å². The van der Waals surface area contributed by atoms with Gasteiger partial charge in [-0.15, -0.1) is 0 Å². The molecule has 18 heavy (non-hydrogen) atoms. The third kappa shape index (κ3) is 2.18. The number of aliphatic hydroxyl groups is 1. The van der Waals surface area contributed by atoms with Crippen LogP contribution in [0.1, 0.15) is 39.9 Å². The Hall–Kier alpha value is -1.61. The summed E-state index contributed by atoms with van der Waals surface area (Å²) in [6.45, 7) is 7.21. The lowest BCUT2D eigenvalue weighted by Crippen LogP contribution is -2.06. The fourth-order valence-corrected chi connectivity index (χ4v) is 2.35. The average molecular weight is 248 g/mol. The molecule has 0 radical (unpaired) electrons. The molecule has 0 saturated heterocycles. The molecular weight excluding hydrogens is 231 g/mol. The monoisotopic (exact) mass is 248 g/mol. The van der Waals surface area contributed by atoms with Gasteiger partial charge in [0.15, 0.2) is 0 Å². The van der Waals surface area contributed by atoms with Crippen LogP contribution in [0.4, 0.5) is 4.39 Å². The van der Waals surface area contributed by atoms with Gasteiger partial charge in [-0.05, 0) is 51.0 Å². The molecule has 1 atom stereocenters. The second kappa shape index (κ2) is 4.58. The molecule has 0 fully saturated rings. The molecule has 2 nitrogen and oxygen atoms in total. The van der Waals surface area contributed by atoms with E-state index in [0.29, 0.717) is 22.6 Å². The Morgan fingerprint density at radius 1 is 1.11 bits per heavy atom. The molecule has 0 aliphatic heterocycles. The minimum atomic E-state index is -0.983. The van der Waals surface area contributed by atoms with Crippen LogP contribution in [0.15, 0.2) is 22.6 Å². The molecule has 0 aliphatic carbocycles. The van der Waals surface area contributed by atoms with Gasteiger partial charge in [0.2, 0.25) is 0 Å². The van der Waals surface area contributed by atoms with Crippen molar-refractivity contribution in [1.82, 2.24) is 0 Å². The zero-order valence-electron chi connectivity index (χ0n) is 11.0. The molecule has 0 bridgehead atoms. The Labute approximate surface area is 106 Å². The average Bonchev–Trinajstić information content (AvgIpc) is 2.56. The van der Waals surface area contributed by atoms with E-state index in [0.717, 1.165) is 11.1 Å². The van der Waals surface area contributed by atoms with E-state index in [9.17, 15) is 9.50 Å². The molecule has 3 heteroatoms. The lowest BCUT2D eigenvalue weighted by molar-refractivity contribution is 0.212. The second-order valence-electron chi connectivity index (χ2n) is 4.75. The van der Waals surface area contributed by atoms with Crippen LogP contribution >= 0.6 is 0 Å². The van der Waals surface area contributed by atoms with Crippen LogP contribution in [0.2, 0.25) is 0 Å². The predicted octanol–water partition coefficient (Wildman–Crippen LogP) is 3.73. The summed E-state index contributed by atoms with van der Waals surface area (Å²) in [4.78, 5) is 0. The molecule has 0 spiro atoms. The van der Waals surface area contributed by atoms with E-state index in [1.807, 2.05) is 19.9 Å². The van der Waals surface area contributed by atoms with E-state index in [1.165, 1.54) is 6.07 Å². The fourth-order valence-electron chi connectivity index (χ4n) is 2.35. The van der Waals surface area contributed by atoms with Gasteiger partial charge >= 0.3 is 0 Å². The van der Waals surface area contributed by atoms with Crippen molar-refractivity contribution in [3.63, 3.8) is 0 Å². The smallest absolute Gasteiger partial charge is 0.129 e. The first-order valence-electron chi connectivity index (χ1n) is 5.91. The molecular formula is C15H17FO2. The molecule has 2 rings (SSSR count). The first kappa shape index (κ1) is 12.8. The third-order valence-corrected chi connectivity index (χ3v) is 3.13. The van der Waals surface area contributed by atoms with Crippen LogP contribution in [0.3, 0.4) is 0 Å². The van der Waals surface area contributed by atoms with Crippen molar-refractivity contribution in [2.24, 2.45) is 0 Å². The molecule has 1 unspecified atom stereocenters. The highest BCUT2D eigenvalue weighted by molar-refractivity contribution is 5.39. The van der Waals surface area contributed by atoms with Crippen molar-refractivity contribution in [3.05, 3.63) is 57.8 Å². The summed E-state index contributed by atoms with van der Waals surface area (Å²) < 4.78 is 19.4. The highest BCUT2D eigenvalue weighted by Gasteiger charge is 2.21.